The zero-order chi connectivity index (χ0) is 16.3. The number of urea groups is 1. The molecule has 0 radical (unpaired) electrons. The van der Waals surface area contributed by atoms with Gasteiger partial charge in [0.15, 0.2) is 0 Å². The van der Waals surface area contributed by atoms with Crippen molar-refractivity contribution in [3.05, 3.63) is 22.4 Å². The molecule has 1 aromatic rings. The van der Waals surface area contributed by atoms with E-state index in [0.717, 1.165) is 29.0 Å². The number of amides is 3. The van der Waals surface area contributed by atoms with Crippen LogP contribution in [0.2, 0.25) is 0 Å². The summed E-state index contributed by atoms with van der Waals surface area (Å²) in [5.74, 6) is -0.195. The number of hydrogen-bond donors (Lipinski definition) is 2. The smallest absolute Gasteiger partial charge is 0.325 e. The molecule has 126 valence electrons. The van der Waals surface area contributed by atoms with Gasteiger partial charge in [0.25, 0.3) is 5.91 Å². The molecule has 0 bridgehead atoms. The molecule has 2 N–H and O–H groups in total. The van der Waals surface area contributed by atoms with E-state index in [1.165, 1.54) is 0 Å². The number of carbonyl (C=O) groups excluding carboxylic acids is 2. The Labute approximate surface area is 139 Å². The number of imide groups is 1. The van der Waals surface area contributed by atoms with Crippen molar-refractivity contribution in [2.75, 3.05) is 13.2 Å². The summed E-state index contributed by atoms with van der Waals surface area (Å²) in [7, 11) is 0. The molecule has 1 atom stereocenters. The van der Waals surface area contributed by atoms with Crippen LogP contribution in [0.1, 0.15) is 37.0 Å². The van der Waals surface area contributed by atoms with Crippen LogP contribution in [-0.2, 0) is 16.1 Å². The van der Waals surface area contributed by atoms with E-state index in [1.54, 1.807) is 11.3 Å². The van der Waals surface area contributed by atoms with E-state index in [4.69, 9.17) is 4.74 Å². The first-order chi connectivity index (χ1) is 11.1. The van der Waals surface area contributed by atoms with Crippen molar-refractivity contribution in [1.82, 2.24) is 10.2 Å². The van der Waals surface area contributed by atoms with Crippen LogP contribution in [0.4, 0.5) is 4.79 Å². The largest absolute Gasteiger partial charge is 0.389 e. The lowest BCUT2D eigenvalue weighted by Crippen LogP contribution is -2.48. The van der Waals surface area contributed by atoms with Crippen LogP contribution in [0, 0.1) is 0 Å². The lowest BCUT2D eigenvalue weighted by atomic mass is 9.82. The van der Waals surface area contributed by atoms with Crippen LogP contribution in [0.5, 0.6) is 0 Å². The molecule has 0 aromatic carbocycles. The zero-order valence-electron chi connectivity index (χ0n) is 13.0. The van der Waals surface area contributed by atoms with E-state index in [9.17, 15) is 14.7 Å². The molecule has 1 aromatic heterocycles. The fourth-order valence-electron chi connectivity index (χ4n) is 3.29. The van der Waals surface area contributed by atoms with Gasteiger partial charge in [0.05, 0.1) is 25.9 Å². The lowest BCUT2D eigenvalue weighted by Gasteiger charge is -2.30. The molecule has 2 aliphatic rings. The minimum absolute atomic E-state index is 0.0170. The molecule has 2 heterocycles. The van der Waals surface area contributed by atoms with Crippen molar-refractivity contribution in [1.29, 1.82) is 0 Å². The average molecular weight is 338 g/mol. The van der Waals surface area contributed by atoms with Gasteiger partial charge in [0.2, 0.25) is 0 Å². The van der Waals surface area contributed by atoms with Gasteiger partial charge in [-0.1, -0.05) is 25.3 Å². The van der Waals surface area contributed by atoms with E-state index < -0.39 is 17.7 Å². The Kier molecular flexibility index (Phi) is 4.99. The summed E-state index contributed by atoms with van der Waals surface area (Å²) in [5, 5.41) is 14.9. The molecule has 3 amide bonds. The summed E-state index contributed by atoms with van der Waals surface area (Å²) in [4.78, 5) is 26.9. The van der Waals surface area contributed by atoms with Crippen molar-refractivity contribution in [2.24, 2.45) is 0 Å². The molecule has 3 rings (SSSR count). The summed E-state index contributed by atoms with van der Waals surface area (Å²) in [6.45, 7) is 0.512. The second-order valence-corrected chi connectivity index (χ2v) is 7.27. The molecule has 2 fully saturated rings. The molecule has 1 saturated heterocycles. The maximum absolute atomic E-state index is 12.6. The fraction of sp³-hybridized carbons (Fsp3) is 0.625. The van der Waals surface area contributed by atoms with Crippen LogP contribution in [-0.4, -0.2) is 46.7 Å². The Morgan fingerprint density at radius 3 is 2.83 bits per heavy atom. The standard InChI is InChI=1S/C16H22N2O4S/c19-12(10-22-11-13-5-4-8-23-13)9-18-14(20)16(17-15(18)21)6-2-1-3-7-16/h4-5,8,12,19H,1-3,6-7,9-11H2,(H,17,21)/t12-/m1/s1. The van der Waals surface area contributed by atoms with Crippen molar-refractivity contribution < 1.29 is 19.4 Å². The number of hydrogen-bond acceptors (Lipinski definition) is 5. The third-order valence-electron chi connectivity index (χ3n) is 4.48. The Morgan fingerprint density at radius 2 is 2.13 bits per heavy atom. The number of carbonyl (C=O) groups is 2. The van der Waals surface area contributed by atoms with E-state index in [-0.39, 0.29) is 19.1 Å². The third-order valence-corrected chi connectivity index (χ3v) is 5.33. The number of rotatable bonds is 6. The van der Waals surface area contributed by atoms with Crippen LogP contribution >= 0.6 is 11.3 Å². The first kappa shape index (κ1) is 16.4. The van der Waals surface area contributed by atoms with Crippen molar-refractivity contribution in [3.63, 3.8) is 0 Å². The predicted molar refractivity (Wildman–Crippen MR) is 86.0 cm³/mol. The number of ether oxygens (including phenoxy) is 1. The molecule has 6 nitrogen and oxygen atoms in total. The number of β-amino-alcohol motifs (C(OH)–C–C–N with tert-alkyl or cyclic N) is 1. The normalized spacial score (nSPS) is 21.7. The van der Waals surface area contributed by atoms with Gasteiger partial charge in [-0.2, -0.15) is 0 Å². The summed E-state index contributed by atoms with van der Waals surface area (Å²) in [6, 6.07) is 3.51. The fourth-order valence-corrected chi connectivity index (χ4v) is 3.93. The molecular formula is C16H22N2O4S. The highest BCUT2D eigenvalue weighted by molar-refractivity contribution is 7.09. The van der Waals surface area contributed by atoms with Gasteiger partial charge >= 0.3 is 6.03 Å². The first-order valence-electron chi connectivity index (χ1n) is 8.03. The maximum Gasteiger partial charge on any atom is 0.325 e. The third kappa shape index (κ3) is 3.57. The minimum atomic E-state index is -0.872. The quantitative estimate of drug-likeness (QED) is 0.776. The first-order valence-corrected chi connectivity index (χ1v) is 8.91. The van der Waals surface area contributed by atoms with E-state index >= 15 is 0 Å². The number of nitrogens with one attached hydrogen (secondary N) is 1. The molecule has 7 heteroatoms. The molecule has 1 saturated carbocycles. The van der Waals surface area contributed by atoms with Gasteiger partial charge in [0.1, 0.15) is 5.54 Å². The van der Waals surface area contributed by atoms with Gasteiger partial charge in [-0.3, -0.25) is 9.69 Å². The van der Waals surface area contributed by atoms with Gasteiger partial charge in [-0.25, -0.2) is 4.79 Å². The Bertz CT molecular complexity index is 554. The SMILES string of the molecule is O=C1NC2(CCCCC2)C(=O)N1C[C@@H](O)COCc1cccs1. The highest BCUT2D eigenvalue weighted by Crippen LogP contribution is 2.33. The Hall–Kier alpha value is -1.44. The van der Waals surface area contributed by atoms with Crippen LogP contribution < -0.4 is 5.32 Å². The molecule has 1 spiro atoms. The molecule has 0 unspecified atom stereocenters. The van der Waals surface area contributed by atoms with Crippen LogP contribution in [0.15, 0.2) is 17.5 Å². The Balaban J connectivity index is 1.50. The van der Waals surface area contributed by atoms with E-state index in [1.807, 2.05) is 17.5 Å². The second kappa shape index (κ2) is 6.98. The van der Waals surface area contributed by atoms with Gasteiger partial charge in [0, 0.05) is 4.88 Å². The van der Waals surface area contributed by atoms with E-state index in [2.05, 4.69) is 5.32 Å². The summed E-state index contributed by atoms with van der Waals surface area (Å²) in [5.41, 5.74) is -0.729. The molecule has 1 aliphatic carbocycles. The Morgan fingerprint density at radius 1 is 1.35 bits per heavy atom. The number of thiophene rings is 1. The molecular weight excluding hydrogens is 316 g/mol. The van der Waals surface area contributed by atoms with Gasteiger partial charge in [-0.15, -0.1) is 11.3 Å². The minimum Gasteiger partial charge on any atom is -0.389 e. The molecule has 23 heavy (non-hydrogen) atoms. The van der Waals surface area contributed by atoms with Gasteiger partial charge in [-0.05, 0) is 24.3 Å². The number of aliphatic hydroxyl groups is 1. The van der Waals surface area contributed by atoms with Crippen molar-refractivity contribution >= 4 is 23.3 Å². The molecule has 1 aliphatic heterocycles. The van der Waals surface area contributed by atoms with Gasteiger partial charge < -0.3 is 15.2 Å². The van der Waals surface area contributed by atoms with Crippen molar-refractivity contribution in [3.8, 4) is 0 Å². The predicted octanol–water partition coefficient (Wildman–Crippen LogP) is 1.88. The van der Waals surface area contributed by atoms with Crippen LogP contribution in [0.25, 0.3) is 0 Å². The monoisotopic (exact) mass is 338 g/mol. The lowest BCUT2D eigenvalue weighted by molar-refractivity contribution is -0.133. The highest BCUT2D eigenvalue weighted by Gasteiger charge is 2.51. The van der Waals surface area contributed by atoms with Crippen LogP contribution in [0.3, 0.4) is 0 Å². The highest BCUT2D eigenvalue weighted by atomic mass is 32.1. The topological polar surface area (TPSA) is 78.9 Å². The zero-order valence-corrected chi connectivity index (χ0v) is 13.8. The maximum atomic E-state index is 12.6. The summed E-state index contributed by atoms with van der Waals surface area (Å²) >= 11 is 1.59. The summed E-state index contributed by atoms with van der Waals surface area (Å²) < 4.78 is 5.45. The second-order valence-electron chi connectivity index (χ2n) is 6.24. The number of aliphatic hydroxyl groups excluding tert-OH is 1. The number of nitrogens with zero attached hydrogens (tertiary/aromatic N) is 1. The average Bonchev–Trinajstić information content (AvgIpc) is 3.12. The summed E-state index contributed by atoms with van der Waals surface area (Å²) in [6.07, 6.45) is 3.52. The van der Waals surface area contributed by atoms with E-state index in [0.29, 0.717) is 19.4 Å². The van der Waals surface area contributed by atoms with Crippen molar-refractivity contribution in [2.45, 2.75) is 50.4 Å².